The monoisotopic (exact) mass is 608 g/mol. The average molecular weight is 609 g/mol. The summed E-state index contributed by atoms with van der Waals surface area (Å²) < 4.78 is 36.9. The van der Waals surface area contributed by atoms with Gasteiger partial charge in [0.15, 0.2) is 23.1 Å². The van der Waals surface area contributed by atoms with Gasteiger partial charge in [-0.3, -0.25) is 4.79 Å². The molecule has 0 aliphatic carbocycles. The number of esters is 1. The minimum Gasteiger partial charge on any atom is -0.488 e. The summed E-state index contributed by atoms with van der Waals surface area (Å²) in [6.45, 7) is 6.74. The summed E-state index contributed by atoms with van der Waals surface area (Å²) >= 11 is 0. The van der Waals surface area contributed by atoms with Gasteiger partial charge in [0.05, 0.1) is 38.7 Å². The fourth-order valence-corrected chi connectivity index (χ4v) is 4.73. The molecule has 2 N–H and O–H groups in total. The van der Waals surface area contributed by atoms with Crippen molar-refractivity contribution in [3.8, 4) is 17.1 Å². The zero-order chi connectivity index (χ0) is 31.1. The van der Waals surface area contributed by atoms with Gasteiger partial charge in [0.1, 0.15) is 12.4 Å². The quantitative estimate of drug-likeness (QED) is 0.345. The van der Waals surface area contributed by atoms with E-state index in [4.69, 9.17) is 18.9 Å². The summed E-state index contributed by atoms with van der Waals surface area (Å²) in [5.74, 6) is -0.896. The summed E-state index contributed by atoms with van der Waals surface area (Å²) in [5.41, 5.74) is 1.28. The minimum absolute atomic E-state index is 0.0268. The highest BCUT2D eigenvalue weighted by Gasteiger charge is 2.28. The fourth-order valence-electron chi connectivity index (χ4n) is 4.73. The molecule has 0 radical (unpaired) electrons. The topological polar surface area (TPSA) is 144 Å². The van der Waals surface area contributed by atoms with Crippen molar-refractivity contribution < 1.29 is 37.7 Å². The standard InChI is InChI=1S/C30H33FN6O7/c1-3-43-26-25(29(39)44-4-2)34-27(35-28(26)36-11-14-41-15-12-36)19-5-10-23(22(31)17-19)33-30(40)32-20-6-8-21(9-7-20)37-13-16-42-18-24(37)38/h5-10,17H,3-4,11-16,18H2,1-2H3,(H2,32,33,40). The highest BCUT2D eigenvalue weighted by atomic mass is 19.1. The van der Waals surface area contributed by atoms with Gasteiger partial charge in [0.2, 0.25) is 0 Å². The molecule has 3 heterocycles. The van der Waals surface area contributed by atoms with Crippen LogP contribution in [0.2, 0.25) is 0 Å². The molecule has 2 aliphatic heterocycles. The second kappa shape index (κ2) is 14.1. The van der Waals surface area contributed by atoms with E-state index in [1.165, 1.54) is 12.1 Å². The summed E-state index contributed by atoms with van der Waals surface area (Å²) in [5, 5.41) is 5.14. The molecular weight excluding hydrogens is 575 g/mol. The summed E-state index contributed by atoms with van der Waals surface area (Å²) in [7, 11) is 0. The van der Waals surface area contributed by atoms with Crippen LogP contribution in [0.1, 0.15) is 24.3 Å². The van der Waals surface area contributed by atoms with Crippen LogP contribution in [0.5, 0.6) is 5.75 Å². The van der Waals surface area contributed by atoms with Crippen molar-refractivity contribution in [3.63, 3.8) is 0 Å². The smallest absolute Gasteiger partial charge is 0.361 e. The lowest BCUT2D eigenvalue weighted by atomic mass is 10.1. The molecule has 13 nitrogen and oxygen atoms in total. The van der Waals surface area contributed by atoms with Crippen LogP contribution in [0.15, 0.2) is 42.5 Å². The first-order chi connectivity index (χ1) is 21.4. The summed E-state index contributed by atoms with van der Waals surface area (Å²) in [4.78, 5) is 50.2. The molecule has 3 aromatic rings. The zero-order valence-corrected chi connectivity index (χ0v) is 24.4. The lowest BCUT2D eigenvalue weighted by Gasteiger charge is -2.29. The maximum Gasteiger partial charge on any atom is 0.361 e. The first-order valence-corrected chi connectivity index (χ1v) is 14.3. The Bertz CT molecular complexity index is 1510. The number of benzene rings is 2. The molecule has 5 rings (SSSR count). The van der Waals surface area contributed by atoms with Crippen LogP contribution in [0, 0.1) is 5.82 Å². The molecule has 0 saturated carbocycles. The minimum atomic E-state index is -0.734. The zero-order valence-electron chi connectivity index (χ0n) is 24.4. The van der Waals surface area contributed by atoms with Crippen molar-refractivity contribution in [2.45, 2.75) is 13.8 Å². The van der Waals surface area contributed by atoms with Crippen molar-refractivity contribution in [1.82, 2.24) is 9.97 Å². The molecule has 2 saturated heterocycles. The molecule has 2 fully saturated rings. The third kappa shape index (κ3) is 7.03. The van der Waals surface area contributed by atoms with Crippen LogP contribution in [0.4, 0.5) is 32.1 Å². The Labute approximate surface area is 253 Å². The van der Waals surface area contributed by atoms with Gasteiger partial charge in [-0.1, -0.05) is 0 Å². The number of amides is 3. The number of hydrogen-bond acceptors (Lipinski definition) is 10. The molecule has 232 valence electrons. The van der Waals surface area contributed by atoms with Crippen LogP contribution in [-0.2, 0) is 19.0 Å². The molecule has 3 amide bonds. The van der Waals surface area contributed by atoms with Gasteiger partial charge in [0.25, 0.3) is 5.91 Å². The Morgan fingerprint density at radius 3 is 2.39 bits per heavy atom. The number of hydrogen-bond donors (Lipinski definition) is 2. The maximum absolute atomic E-state index is 15.3. The number of urea groups is 1. The van der Waals surface area contributed by atoms with E-state index in [1.807, 2.05) is 4.90 Å². The highest BCUT2D eigenvalue weighted by molar-refractivity contribution is 6.00. The number of morpholine rings is 2. The van der Waals surface area contributed by atoms with Gasteiger partial charge in [-0.15, -0.1) is 0 Å². The van der Waals surface area contributed by atoms with Gasteiger partial charge >= 0.3 is 12.0 Å². The number of carbonyl (C=O) groups excluding carboxylic acids is 3. The predicted molar refractivity (Wildman–Crippen MR) is 160 cm³/mol. The van der Waals surface area contributed by atoms with Crippen LogP contribution < -0.4 is 25.2 Å². The van der Waals surface area contributed by atoms with E-state index >= 15 is 4.39 Å². The van der Waals surface area contributed by atoms with Crippen LogP contribution >= 0.6 is 0 Å². The van der Waals surface area contributed by atoms with Crippen molar-refractivity contribution in [2.24, 2.45) is 0 Å². The third-order valence-corrected chi connectivity index (χ3v) is 6.81. The van der Waals surface area contributed by atoms with E-state index in [1.54, 1.807) is 49.1 Å². The van der Waals surface area contributed by atoms with Crippen LogP contribution in [-0.4, -0.2) is 87.2 Å². The fraction of sp³-hybridized carbons (Fsp3) is 0.367. The van der Waals surface area contributed by atoms with Gasteiger partial charge in [-0.25, -0.2) is 23.9 Å². The number of ether oxygens (including phenoxy) is 4. The Kier molecular flexibility index (Phi) is 9.82. The normalized spacial score (nSPS) is 15.1. The van der Waals surface area contributed by atoms with Crippen LogP contribution in [0.3, 0.4) is 0 Å². The molecule has 14 heteroatoms. The molecule has 0 atom stereocenters. The van der Waals surface area contributed by atoms with Crippen molar-refractivity contribution in [1.29, 1.82) is 0 Å². The number of halogens is 1. The molecule has 44 heavy (non-hydrogen) atoms. The third-order valence-electron chi connectivity index (χ3n) is 6.81. The summed E-state index contributed by atoms with van der Waals surface area (Å²) in [6.07, 6.45) is 0. The van der Waals surface area contributed by atoms with Gasteiger partial charge in [-0.05, 0) is 56.3 Å². The molecular formula is C30H33FN6O7. The first-order valence-electron chi connectivity index (χ1n) is 14.3. The number of nitrogens with one attached hydrogen (secondary N) is 2. The van der Waals surface area contributed by atoms with Gasteiger partial charge in [-0.2, -0.15) is 0 Å². The van der Waals surface area contributed by atoms with Gasteiger partial charge in [0, 0.05) is 36.6 Å². The second-order valence-corrected chi connectivity index (χ2v) is 9.72. The second-order valence-electron chi connectivity index (χ2n) is 9.72. The number of carbonyl (C=O) groups is 3. The van der Waals surface area contributed by atoms with Crippen molar-refractivity contribution >= 4 is 40.8 Å². The number of nitrogens with zero attached hydrogens (tertiary/aromatic N) is 4. The largest absolute Gasteiger partial charge is 0.488 e. The Morgan fingerprint density at radius 1 is 0.955 bits per heavy atom. The van der Waals surface area contributed by atoms with E-state index in [9.17, 15) is 14.4 Å². The predicted octanol–water partition coefficient (Wildman–Crippen LogP) is 3.70. The molecule has 2 aromatic carbocycles. The van der Waals surface area contributed by atoms with E-state index in [2.05, 4.69) is 20.6 Å². The SMILES string of the molecule is CCOC(=O)c1nc(-c2ccc(NC(=O)Nc3ccc(N4CCOCC4=O)cc3)c(F)c2)nc(N2CCOCC2)c1OCC. The number of aromatic nitrogens is 2. The summed E-state index contributed by atoms with van der Waals surface area (Å²) in [6, 6.07) is 10.2. The Morgan fingerprint density at radius 2 is 1.70 bits per heavy atom. The van der Waals surface area contributed by atoms with Gasteiger partial charge < -0.3 is 39.4 Å². The lowest BCUT2D eigenvalue weighted by Crippen LogP contribution is -2.41. The molecule has 0 unspecified atom stereocenters. The van der Waals surface area contributed by atoms with Crippen LogP contribution in [0.25, 0.3) is 11.4 Å². The molecule has 0 spiro atoms. The number of anilines is 4. The van der Waals surface area contributed by atoms with E-state index in [0.29, 0.717) is 56.6 Å². The maximum atomic E-state index is 15.3. The number of rotatable bonds is 9. The average Bonchev–Trinajstić information content (AvgIpc) is 3.03. The van der Waals surface area contributed by atoms with Crippen molar-refractivity contribution in [3.05, 3.63) is 54.0 Å². The molecule has 0 bridgehead atoms. The van der Waals surface area contributed by atoms with E-state index < -0.39 is 17.8 Å². The highest BCUT2D eigenvalue weighted by Crippen LogP contribution is 2.34. The van der Waals surface area contributed by atoms with E-state index in [-0.39, 0.29) is 54.2 Å². The van der Waals surface area contributed by atoms with E-state index in [0.717, 1.165) is 0 Å². The first kappa shape index (κ1) is 30.6. The van der Waals surface area contributed by atoms with Crippen molar-refractivity contribution in [2.75, 3.05) is 79.7 Å². The lowest BCUT2D eigenvalue weighted by molar-refractivity contribution is -0.125. The Hall–Kier alpha value is -4.82. The molecule has 2 aliphatic rings. The Balaban J connectivity index is 1.35. The molecule has 1 aromatic heterocycles.